The van der Waals surface area contributed by atoms with Gasteiger partial charge in [-0.25, -0.2) is 4.79 Å². The summed E-state index contributed by atoms with van der Waals surface area (Å²) < 4.78 is 33.2. The second-order valence-electron chi connectivity index (χ2n) is 8.97. The monoisotopic (exact) mass is 494 g/mol. The average molecular weight is 495 g/mol. The molecule has 0 fully saturated rings. The molecule has 0 aliphatic heterocycles. The van der Waals surface area contributed by atoms with Crippen LogP contribution in [0, 0.1) is 0 Å². The fourth-order valence-electron chi connectivity index (χ4n) is 3.59. The van der Waals surface area contributed by atoms with Crippen LogP contribution >= 0.6 is 0 Å². The van der Waals surface area contributed by atoms with Crippen LogP contribution in [0.5, 0.6) is 0 Å². The molecule has 182 valence electrons. The summed E-state index contributed by atoms with van der Waals surface area (Å²) in [7, 11) is -4.00. The minimum Gasteiger partial charge on any atom is -0.444 e. The molecule has 0 bridgehead atoms. The van der Waals surface area contributed by atoms with E-state index in [1.807, 2.05) is 18.2 Å². The number of carbonyl (C=O) groups is 2. The summed E-state index contributed by atoms with van der Waals surface area (Å²) in [6, 6.07) is 17.2. The number of rotatable bonds is 6. The number of aromatic nitrogens is 2. The van der Waals surface area contributed by atoms with Crippen LogP contribution in [0.4, 0.5) is 10.5 Å². The van der Waals surface area contributed by atoms with Gasteiger partial charge in [0.2, 0.25) is 5.91 Å². The summed E-state index contributed by atoms with van der Waals surface area (Å²) in [5.41, 5.74) is 0.120. The Kier molecular flexibility index (Phi) is 6.49. The average Bonchev–Trinajstić information content (AvgIpc) is 3.21. The molecule has 0 saturated carbocycles. The molecule has 3 aromatic carbocycles. The van der Waals surface area contributed by atoms with Gasteiger partial charge in [0.1, 0.15) is 5.60 Å². The molecule has 4 rings (SSSR count). The van der Waals surface area contributed by atoms with Gasteiger partial charge >= 0.3 is 6.09 Å². The number of alkyl carbamates (subject to hydrolysis) is 1. The second kappa shape index (κ2) is 9.38. The van der Waals surface area contributed by atoms with E-state index >= 15 is 0 Å². The molecule has 35 heavy (non-hydrogen) atoms. The van der Waals surface area contributed by atoms with E-state index in [-0.39, 0.29) is 23.8 Å². The number of benzene rings is 3. The zero-order valence-corrected chi connectivity index (χ0v) is 20.4. The number of carbonyl (C=O) groups excluding carboxylic acids is 2. The van der Waals surface area contributed by atoms with E-state index in [0.29, 0.717) is 22.0 Å². The predicted octanol–water partition coefficient (Wildman–Crippen LogP) is 4.28. The summed E-state index contributed by atoms with van der Waals surface area (Å²) in [4.78, 5) is 24.2. The molecule has 1 aromatic heterocycles. The van der Waals surface area contributed by atoms with Crippen molar-refractivity contribution in [2.75, 3.05) is 11.9 Å². The Morgan fingerprint density at radius 3 is 2.51 bits per heavy atom. The van der Waals surface area contributed by atoms with Crippen LogP contribution < -0.4 is 10.6 Å². The number of anilines is 1. The molecule has 2 amide bonds. The maximum atomic E-state index is 13.5. The van der Waals surface area contributed by atoms with Gasteiger partial charge in [-0.1, -0.05) is 36.4 Å². The van der Waals surface area contributed by atoms with E-state index in [1.165, 1.54) is 6.20 Å². The maximum Gasteiger partial charge on any atom is 0.407 e. The normalized spacial score (nSPS) is 12.0. The lowest BCUT2D eigenvalue weighted by atomic mass is 10.1. The van der Waals surface area contributed by atoms with Crippen molar-refractivity contribution in [2.45, 2.75) is 37.7 Å². The number of nitrogens with one attached hydrogen (secondary N) is 2. The third-order valence-corrected chi connectivity index (χ3v) is 6.76. The van der Waals surface area contributed by atoms with Gasteiger partial charge in [0.25, 0.3) is 10.0 Å². The Morgan fingerprint density at radius 1 is 1.00 bits per heavy atom. The zero-order chi connectivity index (χ0) is 25.2. The van der Waals surface area contributed by atoms with Gasteiger partial charge in [-0.2, -0.15) is 17.6 Å². The van der Waals surface area contributed by atoms with Crippen molar-refractivity contribution in [1.29, 1.82) is 0 Å². The highest BCUT2D eigenvalue weighted by Crippen LogP contribution is 2.28. The van der Waals surface area contributed by atoms with Gasteiger partial charge in [0.15, 0.2) is 0 Å². The summed E-state index contributed by atoms with van der Waals surface area (Å²) >= 11 is 0. The molecule has 0 radical (unpaired) electrons. The van der Waals surface area contributed by atoms with Crippen LogP contribution in [0.25, 0.3) is 21.7 Å². The molecule has 0 unspecified atom stereocenters. The first-order valence-corrected chi connectivity index (χ1v) is 12.5. The Balaban J connectivity index is 1.53. The Bertz CT molecular complexity index is 1510. The predicted molar refractivity (Wildman–Crippen MR) is 134 cm³/mol. The number of ether oxygens (including phenoxy) is 1. The van der Waals surface area contributed by atoms with Gasteiger partial charge in [-0.15, -0.1) is 0 Å². The molecule has 0 spiro atoms. The SMILES string of the molecule is CC(C)(C)OC(=O)NCCC(=O)Nc1ccc2cnn(S(=O)(=O)c3cccc4ccccc34)c2c1. The minimum atomic E-state index is -4.00. The molecular weight excluding hydrogens is 468 g/mol. The Labute approximate surface area is 203 Å². The van der Waals surface area contributed by atoms with Gasteiger partial charge < -0.3 is 15.4 Å². The van der Waals surface area contributed by atoms with E-state index in [4.69, 9.17) is 4.74 Å². The first-order valence-electron chi connectivity index (χ1n) is 11.0. The van der Waals surface area contributed by atoms with Crippen LogP contribution in [0.15, 0.2) is 71.8 Å². The minimum absolute atomic E-state index is 0.0187. The van der Waals surface area contributed by atoms with Crippen molar-refractivity contribution < 1.29 is 22.7 Å². The largest absolute Gasteiger partial charge is 0.444 e. The van der Waals surface area contributed by atoms with Crippen LogP contribution in [0.2, 0.25) is 0 Å². The molecule has 2 N–H and O–H groups in total. The van der Waals surface area contributed by atoms with Crippen molar-refractivity contribution >= 4 is 49.4 Å². The van der Waals surface area contributed by atoms with Crippen molar-refractivity contribution in [3.05, 3.63) is 66.9 Å². The molecule has 1 heterocycles. The lowest BCUT2D eigenvalue weighted by molar-refractivity contribution is -0.116. The molecule has 0 atom stereocenters. The van der Waals surface area contributed by atoms with Gasteiger partial charge in [0, 0.05) is 29.4 Å². The highest BCUT2D eigenvalue weighted by atomic mass is 32.2. The van der Waals surface area contributed by atoms with Crippen LogP contribution in [0.3, 0.4) is 0 Å². The third-order valence-electron chi connectivity index (χ3n) is 5.10. The highest BCUT2D eigenvalue weighted by Gasteiger charge is 2.23. The summed E-state index contributed by atoms with van der Waals surface area (Å²) in [6.07, 6.45) is 0.883. The number of hydrogen-bond donors (Lipinski definition) is 2. The first-order chi connectivity index (χ1) is 16.5. The van der Waals surface area contributed by atoms with Crippen LogP contribution in [-0.2, 0) is 19.6 Å². The Morgan fingerprint density at radius 2 is 1.74 bits per heavy atom. The summed E-state index contributed by atoms with van der Waals surface area (Å²) in [5.74, 6) is -0.344. The quantitative estimate of drug-likeness (QED) is 0.413. The first kappa shape index (κ1) is 24.2. The van der Waals surface area contributed by atoms with Crippen LogP contribution in [0.1, 0.15) is 27.2 Å². The smallest absolute Gasteiger partial charge is 0.407 e. The lowest BCUT2D eigenvalue weighted by Crippen LogP contribution is -2.34. The number of hydrogen-bond acceptors (Lipinski definition) is 6. The van der Waals surface area contributed by atoms with Gasteiger partial charge in [-0.3, -0.25) is 4.79 Å². The maximum absolute atomic E-state index is 13.5. The number of amides is 2. The lowest BCUT2D eigenvalue weighted by Gasteiger charge is -2.19. The van der Waals surface area contributed by atoms with E-state index in [2.05, 4.69) is 15.7 Å². The molecule has 0 aliphatic carbocycles. The summed E-state index contributed by atoms with van der Waals surface area (Å²) in [6.45, 7) is 5.35. The molecular formula is C25H26N4O5S. The van der Waals surface area contributed by atoms with E-state index in [9.17, 15) is 18.0 Å². The second-order valence-corrected chi connectivity index (χ2v) is 10.7. The standard InChI is InChI=1S/C25H26N4O5S/c1-25(2,3)34-24(31)26-14-13-23(30)28-19-12-11-18-16-27-29(21(18)15-19)35(32,33)22-10-6-8-17-7-4-5-9-20(17)22/h4-12,15-16H,13-14H2,1-3H3,(H,26,31)(H,28,30). The van der Waals surface area contributed by atoms with Gasteiger partial charge in [0.05, 0.1) is 16.6 Å². The van der Waals surface area contributed by atoms with Gasteiger partial charge in [-0.05, 0) is 50.4 Å². The van der Waals surface area contributed by atoms with Crippen molar-refractivity contribution in [2.24, 2.45) is 0 Å². The van der Waals surface area contributed by atoms with Crippen LogP contribution in [-0.4, -0.2) is 41.7 Å². The number of nitrogens with zero attached hydrogens (tertiary/aromatic N) is 2. The molecule has 0 aliphatic rings. The summed E-state index contributed by atoms with van der Waals surface area (Å²) in [5, 5.41) is 11.4. The number of fused-ring (bicyclic) bond motifs is 2. The molecule has 0 saturated heterocycles. The Hall–Kier alpha value is -3.92. The van der Waals surface area contributed by atoms with Crippen molar-refractivity contribution in [3.8, 4) is 0 Å². The van der Waals surface area contributed by atoms with E-state index in [1.54, 1.807) is 63.2 Å². The van der Waals surface area contributed by atoms with E-state index in [0.717, 1.165) is 9.47 Å². The molecule has 4 aromatic rings. The fraction of sp³-hybridized carbons (Fsp3) is 0.240. The topological polar surface area (TPSA) is 119 Å². The molecule has 9 nitrogen and oxygen atoms in total. The van der Waals surface area contributed by atoms with E-state index < -0.39 is 21.7 Å². The van der Waals surface area contributed by atoms with Crippen molar-refractivity contribution in [3.63, 3.8) is 0 Å². The fourth-order valence-corrected chi connectivity index (χ4v) is 5.08. The highest BCUT2D eigenvalue weighted by molar-refractivity contribution is 7.90. The van der Waals surface area contributed by atoms with Crippen molar-refractivity contribution in [1.82, 2.24) is 14.5 Å². The third kappa shape index (κ3) is 5.43. The zero-order valence-electron chi connectivity index (χ0n) is 19.6. The molecule has 10 heteroatoms.